The second-order valence-corrected chi connectivity index (χ2v) is 8.18. The highest BCUT2D eigenvalue weighted by atomic mass is 32.1. The van der Waals surface area contributed by atoms with Crippen LogP contribution in [0.25, 0.3) is 11.3 Å². The van der Waals surface area contributed by atoms with Crippen LogP contribution in [0, 0.1) is 17.8 Å². The Bertz CT molecular complexity index is 906. The Balaban J connectivity index is 1.76. The number of benzene rings is 1. The van der Waals surface area contributed by atoms with Gasteiger partial charge in [-0.3, -0.25) is 4.99 Å². The molecule has 5 heteroatoms. The van der Waals surface area contributed by atoms with Crippen molar-refractivity contribution in [2.45, 2.75) is 32.7 Å². The smallest absolute Gasteiger partial charge is 0.206 e. The van der Waals surface area contributed by atoms with Crippen molar-refractivity contribution in [1.29, 1.82) is 0 Å². The summed E-state index contributed by atoms with van der Waals surface area (Å²) in [6.07, 6.45) is 9.37. The number of aromatic nitrogens is 1. The van der Waals surface area contributed by atoms with Gasteiger partial charge in [-0.15, -0.1) is 11.3 Å². The van der Waals surface area contributed by atoms with Gasteiger partial charge in [0.2, 0.25) is 4.80 Å². The first kappa shape index (κ1) is 17.3. The molecular weight excluding hydrogens is 342 g/mol. The first-order valence-corrected chi connectivity index (χ1v) is 10.1. The highest BCUT2D eigenvalue weighted by molar-refractivity contribution is 7.07. The molecule has 1 aromatic carbocycles. The number of nitrogens with zero attached hydrogens (tertiary/aromatic N) is 3. The molecule has 2 aromatic rings. The topological polar surface area (TPSA) is 38.9 Å². The van der Waals surface area contributed by atoms with Crippen molar-refractivity contribution in [3.8, 4) is 17.0 Å². The van der Waals surface area contributed by atoms with E-state index in [0.29, 0.717) is 11.8 Å². The summed E-state index contributed by atoms with van der Waals surface area (Å²) in [7, 11) is 1.71. The molecule has 2 aliphatic carbocycles. The molecule has 2 aliphatic rings. The van der Waals surface area contributed by atoms with Crippen LogP contribution in [0.3, 0.4) is 0 Å². The summed E-state index contributed by atoms with van der Waals surface area (Å²) in [5, 5.41) is 7.01. The van der Waals surface area contributed by atoms with Crippen LogP contribution in [0.15, 0.2) is 51.9 Å². The number of hydrogen-bond donors (Lipinski definition) is 0. The molecule has 3 atom stereocenters. The van der Waals surface area contributed by atoms with Gasteiger partial charge in [-0.25, -0.2) is 4.68 Å². The van der Waals surface area contributed by atoms with Crippen LogP contribution in [0.1, 0.15) is 26.7 Å². The number of para-hydroxylation sites is 1. The van der Waals surface area contributed by atoms with Crippen LogP contribution in [0.2, 0.25) is 0 Å². The molecule has 136 valence electrons. The zero-order valence-electron chi connectivity index (χ0n) is 15.5. The van der Waals surface area contributed by atoms with Gasteiger partial charge in [-0.2, -0.15) is 5.10 Å². The predicted octanol–water partition coefficient (Wildman–Crippen LogP) is 4.58. The standard InChI is InChI=1S/C21H25N3OS/c1-14(2)23-21-24(22-12-17-11-15-8-9-16(17)10-15)19(13-26-21)18-6-4-5-7-20(18)25-3/h4-9,12-17H,10-11H2,1-3H3. The van der Waals surface area contributed by atoms with Gasteiger partial charge in [0, 0.05) is 29.1 Å². The van der Waals surface area contributed by atoms with Crippen LogP contribution in [-0.2, 0) is 0 Å². The molecular formula is C21H25N3OS. The summed E-state index contributed by atoms with van der Waals surface area (Å²) in [5.74, 6) is 2.80. The number of hydrogen-bond acceptors (Lipinski definition) is 4. The maximum Gasteiger partial charge on any atom is 0.206 e. The van der Waals surface area contributed by atoms with E-state index in [4.69, 9.17) is 14.8 Å². The fraction of sp³-hybridized carbons (Fsp3) is 0.429. The van der Waals surface area contributed by atoms with Gasteiger partial charge < -0.3 is 4.74 Å². The molecule has 1 aromatic heterocycles. The third kappa shape index (κ3) is 3.28. The van der Waals surface area contributed by atoms with E-state index in [0.717, 1.165) is 27.7 Å². The van der Waals surface area contributed by atoms with Gasteiger partial charge in [-0.05, 0) is 50.7 Å². The summed E-state index contributed by atoms with van der Waals surface area (Å²) in [5.41, 5.74) is 2.07. The highest BCUT2D eigenvalue weighted by Gasteiger charge is 2.34. The first-order chi connectivity index (χ1) is 12.7. The number of allylic oxidation sites excluding steroid dienone is 2. The maximum absolute atomic E-state index is 5.56. The summed E-state index contributed by atoms with van der Waals surface area (Å²) in [4.78, 5) is 5.69. The summed E-state index contributed by atoms with van der Waals surface area (Å²) in [6.45, 7) is 4.19. The molecule has 4 nitrogen and oxygen atoms in total. The zero-order valence-corrected chi connectivity index (χ0v) is 16.3. The molecule has 1 fully saturated rings. The number of fused-ring (bicyclic) bond motifs is 2. The van der Waals surface area contributed by atoms with E-state index in [9.17, 15) is 0 Å². The lowest BCUT2D eigenvalue weighted by Gasteiger charge is -2.13. The van der Waals surface area contributed by atoms with E-state index in [1.807, 2.05) is 22.9 Å². The van der Waals surface area contributed by atoms with Crippen molar-refractivity contribution in [1.82, 2.24) is 4.68 Å². The average molecular weight is 368 g/mol. The van der Waals surface area contributed by atoms with Gasteiger partial charge in [0.05, 0.1) is 12.8 Å². The fourth-order valence-electron chi connectivity index (χ4n) is 3.91. The number of thiazole rings is 1. The zero-order chi connectivity index (χ0) is 18.1. The second-order valence-electron chi connectivity index (χ2n) is 7.35. The molecule has 1 saturated carbocycles. The molecule has 1 heterocycles. The Hall–Kier alpha value is -2.14. The minimum Gasteiger partial charge on any atom is -0.496 e. The second kappa shape index (κ2) is 7.23. The van der Waals surface area contributed by atoms with Crippen LogP contribution >= 0.6 is 11.3 Å². The molecule has 3 unspecified atom stereocenters. The number of methoxy groups -OCH3 is 1. The lowest BCUT2D eigenvalue weighted by atomic mass is 9.95. The Labute approximate surface area is 158 Å². The highest BCUT2D eigenvalue weighted by Crippen LogP contribution is 2.42. The van der Waals surface area contributed by atoms with Crippen LogP contribution in [0.5, 0.6) is 5.75 Å². The lowest BCUT2D eigenvalue weighted by Crippen LogP contribution is -2.16. The van der Waals surface area contributed by atoms with Gasteiger partial charge >= 0.3 is 0 Å². The monoisotopic (exact) mass is 367 g/mol. The third-order valence-corrected chi connectivity index (χ3v) is 5.97. The Morgan fingerprint density at radius 3 is 2.77 bits per heavy atom. The van der Waals surface area contributed by atoms with Crippen molar-refractivity contribution < 1.29 is 4.74 Å². The normalized spacial score (nSPS) is 25.1. The van der Waals surface area contributed by atoms with E-state index in [1.165, 1.54) is 12.8 Å². The Kier molecular flexibility index (Phi) is 4.81. The van der Waals surface area contributed by atoms with E-state index in [1.54, 1.807) is 18.4 Å². The SMILES string of the molecule is COc1ccccc1-c1csc(=NC(C)C)n1N=CC1CC2C=CC1C2. The van der Waals surface area contributed by atoms with Crippen molar-refractivity contribution >= 4 is 17.6 Å². The van der Waals surface area contributed by atoms with E-state index >= 15 is 0 Å². The molecule has 0 amide bonds. The minimum atomic E-state index is 0.228. The predicted molar refractivity (Wildman–Crippen MR) is 108 cm³/mol. The Morgan fingerprint density at radius 2 is 2.08 bits per heavy atom. The quantitative estimate of drug-likeness (QED) is 0.563. The number of ether oxygens (including phenoxy) is 1. The van der Waals surface area contributed by atoms with Crippen molar-refractivity contribution in [3.63, 3.8) is 0 Å². The van der Waals surface area contributed by atoms with Gasteiger partial charge in [0.15, 0.2) is 0 Å². The summed E-state index contributed by atoms with van der Waals surface area (Å²) < 4.78 is 7.55. The van der Waals surface area contributed by atoms with Crippen molar-refractivity contribution in [2.75, 3.05) is 7.11 Å². The van der Waals surface area contributed by atoms with Crippen LogP contribution in [-0.4, -0.2) is 24.0 Å². The number of rotatable bonds is 5. The van der Waals surface area contributed by atoms with Gasteiger partial charge in [0.25, 0.3) is 0 Å². The molecule has 26 heavy (non-hydrogen) atoms. The fourth-order valence-corrected chi connectivity index (χ4v) is 4.87. The summed E-state index contributed by atoms with van der Waals surface area (Å²) >= 11 is 1.63. The summed E-state index contributed by atoms with van der Waals surface area (Å²) in [6, 6.07) is 8.31. The molecule has 2 bridgehead atoms. The van der Waals surface area contributed by atoms with E-state index in [2.05, 4.69) is 43.7 Å². The lowest BCUT2D eigenvalue weighted by molar-refractivity contribution is 0.416. The average Bonchev–Trinajstić information content (AvgIpc) is 3.35. The van der Waals surface area contributed by atoms with Gasteiger partial charge in [0.1, 0.15) is 5.75 Å². The van der Waals surface area contributed by atoms with Gasteiger partial charge in [-0.1, -0.05) is 24.3 Å². The van der Waals surface area contributed by atoms with Crippen LogP contribution < -0.4 is 9.54 Å². The van der Waals surface area contributed by atoms with Crippen molar-refractivity contribution in [3.05, 3.63) is 46.6 Å². The molecule has 0 spiro atoms. The maximum atomic E-state index is 5.56. The van der Waals surface area contributed by atoms with E-state index < -0.39 is 0 Å². The van der Waals surface area contributed by atoms with E-state index in [-0.39, 0.29) is 6.04 Å². The molecule has 0 saturated heterocycles. The first-order valence-electron chi connectivity index (χ1n) is 9.26. The molecule has 0 radical (unpaired) electrons. The van der Waals surface area contributed by atoms with Crippen LogP contribution in [0.4, 0.5) is 0 Å². The molecule has 0 aliphatic heterocycles. The largest absolute Gasteiger partial charge is 0.496 e. The third-order valence-electron chi connectivity index (χ3n) is 5.14. The molecule has 4 rings (SSSR count). The van der Waals surface area contributed by atoms with Crippen molar-refractivity contribution in [2.24, 2.45) is 27.8 Å². The minimum absolute atomic E-state index is 0.228. The Morgan fingerprint density at radius 1 is 1.23 bits per heavy atom. The molecule has 0 N–H and O–H groups in total.